The molecule has 0 bridgehead atoms. The van der Waals surface area contributed by atoms with Crippen LogP contribution < -0.4 is 21.7 Å². The molecule has 25 heavy (non-hydrogen) atoms. The molecule has 0 heterocycles. The summed E-state index contributed by atoms with van der Waals surface area (Å²) < 4.78 is 0.991. The number of halogens is 2. The molecule has 0 aromatic heterocycles. The Morgan fingerprint density at radius 3 is 2.44 bits per heavy atom. The predicted molar refractivity (Wildman–Crippen MR) is 107 cm³/mol. The Morgan fingerprint density at radius 2 is 1.84 bits per heavy atom. The smallest absolute Gasteiger partial charge is 0.315 e. The van der Waals surface area contributed by atoms with Gasteiger partial charge in [-0.15, -0.1) is 12.4 Å². The maximum Gasteiger partial charge on any atom is 0.315 e. The molecule has 0 saturated heterocycles. The second-order valence-corrected chi connectivity index (χ2v) is 6.50. The highest BCUT2D eigenvalue weighted by molar-refractivity contribution is 9.10. The van der Waals surface area contributed by atoms with E-state index in [4.69, 9.17) is 5.73 Å². The molecule has 0 aliphatic rings. The first-order valence-corrected chi connectivity index (χ1v) is 9.12. The maximum atomic E-state index is 12.2. The van der Waals surface area contributed by atoms with Gasteiger partial charge in [-0.2, -0.15) is 0 Å². The molecule has 3 amide bonds. The lowest BCUT2D eigenvalue weighted by atomic mass is 10.1. The molecule has 1 unspecified atom stereocenters. The van der Waals surface area contributed by atoms with Gasteiger partial charge in [0.15, 0.2) is 0 Å². The van der Waals surface area contributed by atoms with Gasteiger partial charge in [-0.3, -0.25) is 4.79 Å². The highest BCUT2D eigenvalue weighted by atomic mass is 79.9. The van der Waals surface area contributed by atoms with E-state index in [2.05, 4.69) is 31.9 Å². The minimum atomic E-state index is -0.516. The van der Waals surface area contributed by atoms with Crippen LogP contribution in [0.4, 0.5) is 4.79 Å². The Hall–Kier alpha value is -1.31. The topological polar surface area (TPSA) is 96.2 Å². The van der Waals surface area contributed by atoms with E-state index in [-0.39, 0.29) is 24.3 Å². The van der Waals surface area contributed by atoms with Crippen molar-refractivity contribution in [3.8, 4) is 0 Å². The Morgan fingerprint density at radius 1 is 1.16 bits per heavy atom. The van der Waals surface area contributed by atoms with Gasteiger partial charge in [0.2, 0.25) is 5.91 Å². The van der Waals surface area contributed by atoms with Crippen LogP contribution in [0.3, 0.4) is 0 Å². The zero-order valence-electron chi connectivity index (χ0n) is 14.5. The number of carbonyl (C=O) groups excluding carboxylic acids is 2. The van der Waals surface area contributed by atoms with Gasteiger partial charge >= 0.3 is 6.03 Å². The molecule has 0 radical (unpaired) electrons. The number of hydrogen-bond donors (Lipinski definition) is 4. The number of amides is 3. The lowest BCUT2D eigenvalue weighted by Crippen LogP contribution is -2.50. The standard InChI is InChI=1S/C17H27BrN4O2.ClH/c1-2-5-15(16(23)20-11-4-3-10-19)22-17(24)21-12-13-6-8-14(18)9-7-13;/h6-9,15H,2-5,10-12,19H2,1H3,(H,20,23)(H2,21,22,24);1H. The molecule has 0 saturated carbocycles. The van der Waals surface area contributed by atoms with E-state index in [9.17, 15) is 9.59 Å². The van der Waals surface area contributed by atoms with Crippen LogP contribution in [0.15, 0.2) is 28.7 Å². The average molecular weight is 436 g/mol. The molecule has 0 fully saturated rings. The summed E-state index contributed by atoms with van der Waals surface area (Å²) in [6.45, 7) is 3.59. The molecular weight excluding hydrogens is 408 g/mol. The molecule has 1 rings (SSSR count). The zero-order valence-corrected chi connectivity index (χ0v) is 16.9. The first-order valence-electron chi connectivity index (χ1n) is 8.33. The summed E-state index contributed by atoms with van der Waals surface area (Å²) in [7, 11) is 0. The van der Waals surface area contributed by atoms with E-state index in [0.717, 1.165) is 29.3 Å². The Balaban J connectivity index is 0.00000576. The molecule has 0 spiro atoms. The Bertz CT molecular complexity index is 514. The maximum absolute atomic E-state index is 12.2. The van der Waals surface area contributed by atoms with E-state index >= 15 is 0 Å². The van der Waals surface area contributed by atoms with Crippen molar-refractivity contribution in [1.82, 2.24) is 16.0 Å². The highest BCUT2D eigenvalue weighted by Gasteiger charge is 2.19. The van der Waals surface area contributed by atoms with E-state index in [1.54, 1.807) is 0 Å². The number of urea groups is 1. The van der Waals surface area contributed by atoms with Gasteiger partial charge in [0.1, 0.15) is 6.04 Å². The molecule has 0 aliphatic heterocycles. The first-order chi connectivity index (χ1) is 11.6. The van der Waals surface area contributed by atoms with Gasteiger partial charge < -0.3 is 21.7 Å². The Kier molecular flexibility index (Phi) is 13.2. The molecule has 8 heteroatoms. The quantitative estimate of drug-likeness (QED) is 0.425. The summed E-state index contributed by atoms with van der Waals surface area (Å²) in [6, 6.07) is 6.84. The van der Waals surface area contributed by atoms with Gasteiger partial charge in [0.05, 0.1) is 0 Å². The molecule has 1 aromatic rings. The number of rotatable bonds is 10. The van der Waals surface area contributed by atoms with Gasteiger partial charge in [-0.05, 0) is 43.5 Å². The third kappa shape index (κ3) is 10.3. The van der Waals surface area contributed by atoms with Crippen molar-refractivity contribution < 1.29 is 9.59 Å². The summed E-state index contributed by atoms with van der Waals surface area (Å²) in [6.07, 6.45) is 3.14. The summed E-state index contributed by atoms with van der Waals surface area (Å²) in [5, 5.41) is 8.37. The van der Waals surface area contributed by atoms with Crippen molar-refractivity contribution in [2.45, 2.75) is 45.2 Å². The number of nitrogens with two attached hydrogens (primary N) is 1. The van der Waals surface area contributed by atoms with E-state index < -0.39 is 6.04 Å². The normalized spacial score (nSPS) is 11.2. The summed E-state index contributed by atoms with van der Waals surface area (Å²) in [4.78, 5) is 24.2. The van der Waals surface area contributed by atoms with Gasteiger partial charge in [-0.25, -0.2) is 4.79 Å². The summed E-state index contributed by atoms with van der Waals surface area (Å²) in [5.41, 5.74) is 6.42. The van der Waals surface area contributed by atoms with Crippen molar-refractivity contribution in [2.24, 2.45) is 5.73 Å². The molecule has 6 nitrogen and oxygen atoms in total. The Labute approximate surface area is 164 Å². The second-order valence-electron chi connectivity index (χ2n) is 5.58. The van der Waals surface area contributed by atoms with E-state index in [1.807, 2.05) is 31.2 Å². The number of unbranched alkanes of at least 4 members (excludes halogenated alkanes) is 1. The molecule has 5 N–H and O–H groups in total. The van der Waals surface area contributed by atoms with Crippen LogP contribution in [0.5, 0.6) is 0 Å². The fraction of sp³-hybridized carbons (Fsp3) is 0.529. The molecule has 1 atom stereocenters. The highest BCUT2D eigenvalue weighted by Crippen LogP contribution is 2.10. The lowest BCUT2D eigenvalue weighted by molar-refractivity contribution is -0.123. The van der Waals surface area contributed by atoms with Crippen molar-refractivity contribution in [1.29, 1.82) is 0 Å². The monoisotopic (exact) mass is 434 g/mol. The van der Waals surface area contributed by atoms with Gasteiger partial charge in [0, 0.05) is 17.6 Å². The van der Waals surface area contributed by atoms with Crippen molar-refractivity contribution in [3.05, 3.63) is 34.3 Å². The third-order valence-corrected chi connectivity index (χ3v) is 4.02. The first kappa shape index (κ1) is 23.7. The summed E-state index contributed by atoms with van der Waals surface area (Å²) >= 11 is 3.37. The van der Waals surface area contributed by atoms with Crippen molar-refractivity contribution >= 4 is 40.3 Å². The molecule has 142 valence electrons. The van der Waals surface area contributed by atoms with Crippen LogP contribution >= 0.6 is 28.3 Å². The zero-order chi connectivity index (χ0) is 17.8. The fourth-order valence-corrected chi connectivity index (χ4v) is 2.42. The molecule has 1 aromatic carbocycles. The SMILES string of the molecule is CCCC(NC(=O)NCc1ccc(Br)cc1)C(=O)NCCCCN.Cl. The van der Waals surface area contributed by atoms with Crippen molar-refractivity contribution in [2.75, 3.05) is 13.1 Å². The van der Waals surface area contributed by atoms with E-state index in [0.29, 0.717) is 26.1 Å². The number of carbonyl (C=O) groups is 2. The largest absolute Gasteiger partial charge is 0.354 e. The minimum absolute atomic E-state index is 0. The molecular formula is C17H28BrClN4O2. The van der Waals surface area contributed by atoms with Crippen molar-refractivity contribution in [3.63, 3.8) is 0 Å². The van der Waals surface area contributed by atoms with Crippen LogP contribution in [0.1, 0.15) is 38.2 Å². The van der Waals surface area contributed by atoms with Crippen LogP contribution in [-0.4, -0.2) is 31.1 Å². The van der Waals surface area contributed by atoms with Crippen LogP contribution in [0.2, 0.25) is 0 Å². The average Bonchev–Trinajstić information content (AvgIpc) is 2.57. The number of hydrogen-bond acceptors (Lipinski definition) is 3. The van der Waals surface area contributed by atoms with Gasteiger partial charge in [-0.1, -0.05) is 41.4 Å². The number of nitrogens with one attached hydrogen (secondary N) is 3. The minimum Gasteiger partial charge on any atom is -0.354 e. The number of benzene rings is 1. The molecule has 0 aliphatic carbocycles. The van der Waals surface area contributed by atoms with Crippen LogP contribution in [0, 0.1) is 0 Å². The third-order valence-electron chi connectivity index (χ3n) is 3.50. The van der Waals surface area contributed by atoms with Crippen LogP contribution in [-0.2, 0) is 11.3 Å². The second kappa shape index (κ2) is 13.9. The predicted octanol–water partition coefficient (Wildman–Crippen LogP) is 2.69. The van der Waals surface area contributed by atoms with E-state index in [1.165, 1.54) is 0 Å². The summed E-state index contributed by atoms with van der Waals surface area (Å²) in [5.74, 6) is -0.146. The fourth-order valence-electron chi connectivity index (χ4n) is 2.16. The van der Waals surface area contributed by atoms with Crippen LogP contribution in [0.25, 0.3) is 0 Å². The van der Waals surface area contributed by atoms with Gasteiger partial charge in [0.25, 0.3) is 0 Å². The lowest BCUT2D eigenvalue weighted by Gasteiger charge is -2.18.